The van der Waals surface area contributed by atoms with E-state index in [9.17, 15) is 18.0 Å². The minimum absolute atomic E-state index is 0.0367. The Bertz CT molecular complexity index is 1260. The Kier molecular flexibility index (Phi) is 9.02. The lowest BCUT2D eigenvalue weighted by atomic mass is 9.90. The summed E-state index contributed by atoms with van der Waals surface area (Å²) in [4.78, 5) is 16.0. The van der Waals surface area contributed by atoms with Gasteiger partial charge in [-0.3, -0.25) is 4.79 Å². The number of hydrogen-bond acceptors (Lipinski definition) is 2. The maximum Gasteiger partial charge on any atom is 0.416 e. The van der Waals surface area contributed by atoms with Crippen LogP contribution in [0.4, 0.5) is 13.2 Å². The highest BCUT2D eigenvalue weighted by atomic mass is 19.4. The number of ether oxygens (including phenoxy) is 1. The van der Waals surface area contributed by atoms with Crippen LogP contribution in [0.2, 0.25) is 0 Å². The first-order valence-corrected chi connectivity index (χ1v) is 12.5. The summed E-state index contributed by atoms with van der Waals surface area (Å²) in [5.74, 6) is -0.517. The molecule has 0 bridgehead atoms. The molecule has 198 valence electrons. The number of carbonyl (C=O) groups excluding carboxylic acids is 1. The summed E-state index contributed by atoms with van der Waals surface area (Å²) in [5, 5.41) is 0. The van der Waals surface area contributed by atoms with Gasteiger partial charge < -0.3 is 14.2 Å². The Labute approximate surface area is 221 Å². The van der Waals surface area contributed by atoms with Crippen LogP contribution in [0.5, 0.6) is 0 Å². The largest absolute Gasteiger partial charge is 0.416 e. The Morgan fingerprint density at radius 2 is 1.55 bits per heavy atom. The van der Waals surface area contributed by atoms with Crippen molar-refractivity contribution in [2.24, 2.45) is 0 Å². The van der Waals surface area contributed by atoms with E-state index in [0.29, 0.717) is 31.7 Å². The predicted octanol–water partition coefficient (Wildman–Crippen LogP) is 6.75. The van der Waals surface area contributed by atoms with E-state index in [-0.39, 0.29) is 12.5 Å². The molecule has 0 spiro atoms. The number of amides is 1. The van der Waals surface area contributed by atoms with Crippen LogP contribution in [-0.4, -0.2) is 35.6 Å². The standard InChI is InChI=1S/C31H31F3N2O2/c1-38-20-10-19-36(30(37)29(25-12-4-2-5-13-25)26-14-6-3-7-15-26)23-28-17-9-18-35(28)22-24-11-8-16-27(21-24)31(32,33)34/h2-9,11-18,21,29H,10,19-20,22-23H2,1H3. The van der Waals surface area contributed by atoms with Gasteiger partial charge in [0.1, 0.15) is 0 Å². The van der Waals surface area contributed by atoms with Crippen molar-refractivity contribution in [3.05, 3.63) is 131 Å². The Morgan fingerprint density at radius 1 is 0.895 bits per heavy atom. The van der Waals surface area contributed by atoms with E-state index < -0.39 is 17.7 Å². The van der Waals surface area contributed by atoms with Crippen LogP contribution in [0.25, 0.3) is 0 Å². The SMILES string of the molecule is COCCCN(Cc1cccn1Cc1cccc(C(F)(F)F)c1)C(=O)C(c1ccccc1)c1ccccc1. The minimum Gasteiger partial charge on any atom is -0.385 e. The van der Waals surface area contributed by atoms with E-state index in [0.717, 1.165) is 22.9 Å². The number of benzene rings is 3. The predicted molar refractivity (Wildman–Crippen MR) is 142 cm³/mol. The van der Waals surface area contributed by atoms with Crippen molar-refractivity contribution in [1.82, 2.24) is 9.47 Å². The lowest BCUT2D eigenvalue weighted by Gasteiger charge is -2.29. The number of halogens is 3. The molecule has 0 radical (unpaired) electrons. The fourth-order valence-corrected chi connectivity index (χ4v) is 4.60. The molecule has 0 N–H and O–H groups in total. The van der Waals surface area contributed by atoms with Crippen LogP contribution < -0.4 is 0 Å². The first-order valence-electron chi connectivity index (χ1n) is 12.5. The zero-order chi connectivity index (χ0) is 27.0. The molecule has 0 saturated carbocycles. The lowest BCUT2D eigenvalue weighted by Crippen LogP contribution is -2.37. The number of alkyl halides is 3. The van der Waals surface area contributed by atoms with Gasteiger partial charge in [-0.25, -0.2) is 0 Å². The molecule has 0 aliphatic rings. The van der Waals surface area contributed by atoms with Crippen molar-refractivity contribution in [2.45, 2.75) is 31.6 Å². The third kappa shape index (κ3) is 6.92. The molecule has 38 heavy (non-hydrogen) atoms. The van der Waals surface area contributed by atoms with Crippen LogP contribution in [0.15, 0.2) is 103 Å². The van der Waals surface area contributed by atoms with E-state index in [4.69, 9.17) is 4.74 Å². The van der Waals surface area contributed by atoms with Gasteiger partial charge in [0.05, 0.1) is 18.0 Å². The van der Waals surface area contributed by atoms with E-state index in [1.165, 1.54) is 12.1 Å². The molecule has 4 aromatic rings. The molecule has 7 heteroatoms. The van der Waals surface area contributed by atoms with E-state index in [1.807, 2.05) is 88.5 Å². The van der Waals surface area contributed by atoms with Gasteiger partial charge in [-0.2, -0.15) is 13.2 Å². The van der Waals surface area contributed by atoms with Crippen LogP contribution >= 0.6 is 0 Å². The molecule has 0 unspecified atom stereocenters. The van der Waals surface area contributed by atoms with Gasteiger partial charge in [-0.05, 0) is 47.4 Å². The number of hydrogen-bond donors (Lipinski definition) is 0. The summed E-state index contributed by atoms with van der Waals surface area (Å²) in [5.41, 5.74) is 2.52. The summed E-state index contributed by atoms with van der Waals surface area (Å²) in [6.45, 7) is 1.59. The normalized spacial score (nSPS) is 11.6. The number of rotatable bonds is 11. The van der Waals surface area contributed by atoms with E-state index in [1.54, 1.807) is 13.2 Å². The van der Waals surface area contributed by atoms with Crippen molar-refractivity contribution in [1.29, 1.82) is 0 Å². The Morgan fingerprint density at radius 3 is 2.16 bits per heavy atom. The Balaban J connectivity index is 1.62. The van der Waals surface area contributed by atoms with Gasteiger partial charge in [0.2, 0.25) is 5.91 Å². The van der Waals surface area contributed by atoms with Crippen LogP contribution in [-0.2, 0) is 28.8 Å². The molecular weight excluding hydrogens is 489 g/mol. The fraction of sp³-hybridized carbons (Fsp3) is 0.258. The number of carbonyl (C=O) groups is 1. The van der Waals surface area contributed by atoms with Gasteiger partial charge in [0, 0.05) is 38.7 Å². The minimum atomic E-state index is -4.40. The molecule has 4 nitrogen and oxygen atoms in total. The lowest BCUT2D eigenvalue weighted by molar-refractivity contribution is -0.137. The van der Waals surface area contributed by atoms with Gasteiger partial charge in [0.15, 0.2) is 0 Å². The van der Waals surface area contributed by atoms with Gasteiger partial charge in [0.25, 0.3) is 0 Å². The molecule has 4 rings (SSSR count). The second-order valence-electron chi connectivity index (χ2n) is 9.19. The van der Waals surface area contributed by atoms with Crippen molar-refractivity contribution in [3.8, 4) is 0 Å². The number of nitrogens with zero attached hydrogens (tertiary/aromatic N) is 2. The molecule has 0 aliphatic carbocycles. The first-order chi connectivity index (χ1) is 18.4. The zero-order valence-corrected chi connectivity index (χ0v) is 21.3. The summed E-state index contributed by atoms with van der Waals surface area (Å²) in [7, 11) is 1.63. The second-order valence-corrected chi connectivity index (χ2v) is 9.19. The molecule has 1 aromatic heterocycles. The van der Waals surface area contributed by atoms with E-state index >= 15 is 0 Å². The van der Waals surface area contributed by atoms with Gasteiger partial charge in [-0.15, -0.1) is 0 Å². The quantitative estimate of drug-likeness (QED) is 0.205. The summed E-state index contributed by atoms with van der Waals surface area (Å²) >= 11 is 0. The summed E-state index contributed by atoms with van der Waals surface area (Å²) in [6, 6.07) is 28.5. The second kappa shape index (κ2) is 12.6. The summed E-state index contributed by atoms with van der Waals surface area (Å²) in [6.07, 6.45) is -1.91. The number of methoxy groups -OCH3 is 1. The van der Waals surface area contributed by atoms with E-state index in [2.05, 4.69) is 0 Å². The van der Waals surface area contributed by atoms with Crippen molar-refractivity contribution in [2.75, 3.05) is 20.3 Å². The number of aromatic nitrogens is 1. The zero-order valence-electron chi connectivity index (χ0n) is 21.3. The molecule has 1 amide bonds. The molecule has 0 atom stereocenters. The van der Waals surface area contributed by atoms with Crippen molar-refractivity contribution >= 4 is 5.91 Å². The fourth-order valence-electron chi connectivity index (χ4n) is 4.60. The molecule has 0 aliphatic heterocycles. The highest BCUT2D eigenvalue weighted by molar-refractivity contribution is 5.87. The third-order valence-electron chi connectivity index (χ3n) is 6.48. The topological polar surface area (TPSA) is 34.5 Å². The molecule has 1 heterocycles. The molecular formula is C31H31F3N2O2. The van der Waals surface area contributed by atoms with Crippen molar-refractivity contribution in [3.63, 3.8) is 0 Å². The van der Waals surface area contributed by atoms with Crippen LogP contribution in [0.3, 0.4) is 0 Å². The van der Waals surface area contributed by atoms with Crippen LogP contribution in [0, 0.1) is 0 Å². The average Bonchev–Trinajstić information content (AvgIpc) is 3.35. The highest BCUT2D eigenvalue weighted by Crippen LogP contribution is 2.30. The monoisotopic (exact) mass is 520 g/mol. The third-order valence-corrected chi connectivity index (χ3v) is 6.48. The van der Waals surface area contributed by atoms with Gasteiger partial charge in [-0.1, -0.05) is 72.8 Å². The van der Waals surface area contributed by atoms with Crippen molar-refractivity contribution < 1.29 is 22.7 Å². The maximum atomic E-state index is 14.1. The maximum absolute atomic E-state index is 14.1. The first kappa shape index (κ1) is 27.2. The Hall–Kier alpha value is -3.84. The van der Waals surface area contributed by atoms with Crippen LogP contribution in [0.1, 0.15) is 40.3 Å². The average molecular weight is 521 g/mol. The molecule has 3 aromatic carbocycles. The molecule has 0 saturated heterocycles. The highest BCUT2D eigenvalue weighted by Gasteiger charge is 2.31. The summed E-state index contributed by atoms with van der Waals surface area (Å²) < 4.78 is 46.8. The smallest absolute Gasteiger partial charge is 0.385 e. The van der Waals surface area contributed by atoms with Gasteiger partial charge >= 0.3 is 6.18 Å². The molecule has 0 fully saturated rings.